The molecule has 176 valence electrons. The molecule has 0 spiro atoms. The number of hydrogen-bond acceptors (Lipinski definition) is 4. The van der Waals surface area contributed by atoms with Gasteiger partial charge in [-0.05, 0) is 42.3 Å². The zero-order valence-electron chi connectivity index (χ0n) is 18.1. The molecule has 0 unspecified atom stereocenters. The summed E-state index contributed by atoms with van der Waals surface area (Å²) in [6.07, 6.45) is -3.20. The number of fused-ring (bicyclic) bond motifs is 1. The largest absolute Gasteiger partial charge is 0.418 e. The Hall–Kier alpha value is -4.02. The van der Waals surface area contributed by atoms with Crippen LogP contribution in [-0.4, -0.2) is 25.5 Å². The van der Waals surface area contributed by atoms with Crippen LogP contribution in [0.2, 0.25) is 0 Å². The van der Waals surface area contributed by atoms with Gasteiger partial charge < -0.3 is 5.32 Å². The smallest absolute Gasteiger partial charge is 0.324 e. The number of carbonyl (C=O) groups is 1. The third-order valence-electron chi connectivity index (χ3n) is 5.13. The van der Waals surface area contributed by atoms with Crippen LogP contribution in [0.25, 0.3) is 16.6 Å². The van der Waals surface area contributed by atoms with Crippen LogP contribution in [0.15, 0.2) is 59.5 Å². The number of anilines is 1. The van der Waals surface area contributed by atoms with Crippen LogP contribution in [-0.2, 0) is 17.5 Å². The topological polar surface area (TPSA) is 81.8 Å². The van der Waals surface area contributed by atoms with E-state index in [1.165, 1.54) is 47.3 Å². The fraction of sp³-hybridized carbons (Fsp3) is 0.217. The molecule has 0 radical (unpaired) electrons. The zero-order chi connectivity index (χ0) is 24.6. The molecule has 2 heterocycles. The molecule has 0 aliphatic rings. The normalized spacial score (nSPS) is 11.9. The van der Waals surface area contributed by atoms with E-state index < -0.39 is 41.3 Å². The van der Waals surface area contributed by atoms with Crippen LogP contribution >= 0.6 is 0 Å². The van der Waals surface area contributed by atoms with Gasteiger partial charge in [0.25, 0.3) is 5.56 Å². The Kier molecular flexibility index (Phi) is 5.94. The molecule has 7 nitrogen and oxygen atoms in total. The maximum Gasteiger partial charge on any atom is 0.418 e. The Morgan fingerprint density at radius 3 is 2.41 bits per heavy atom. The van der Waals surface area contributed by atoms with E-state index in [0.29, 0.717) is 16.8 Å². The molecule has 0 atom stereocenters. The van der Waals surface area contributed by atoms with Crippen LogP contribution in [0.3, 0.4) is 0 Å². The third kappa shape index (κ3) is 4.41. The molecule has 0 saturated carbocycles. The van der Waals surface area contributed by atoms with Gasteiger partial charge >= 0.3 is 6.18 Å². The number of rotatable bonds is 5. The van der Waals surface area contributed by atoms with E-state index in [2.05, 4.69) is 15.5 Å². The molecular formula is C23H19F4N5O2. The number of benzene rings is 2. The summed E-state index contributed by atoms with van der Waals surface area (Å²) in [4.78, 5) is 25.9. The summed E-state index contributed by atoms with van der Waals surface area (Å²) in [5.41, 5.74) is -1.07. The molecule has 4 rings (SSSR count). The molecule has 11 heteroatoms. The van der Waals surface area contributed by atoms with Crippen molar-refractivity contribution in [2.45, 2.75) is 32.5 Å². The van der Waals surface area contributed by atoms with Gasteiger partial charge in [-0.1, -0.05) is 26.0 Å². The lowest BCUT2D eigenvalue weighted by Gasteiger charge is -2.15. The highest BCUT2D eigenvalue weighted by atomic mass is 19.4. The van der Waals surface area contributed by atoms with Crippen molar-refractivity contribution in [1.82, 2.24) is 19.6 Å². The van der Waals surface area contributed by atoms with Crippen molar-refractivity contribution in [1.29, 1.82) is 0 Å². The lowest BCUT2D eigenvalue weighted by Crippen LogP contribution is -2.32. The first-order valence-electron chi connectivity index (χ1n) is 10.3. The summed E-state index contributed by atoms with van der Waals surface area (Å²) in [7, 11) is 0. The number of aromatic nitrogens is 4. The fourth-order valence-corrected chi connectivity index (χ4v) is 3.57. The predicted molar refractivity (Wildman–Crippen MR) is 117 cm³/mol. The third-order valence-corrected chi connectivity index (χ3v) is 5.13. The van der Waals surface area contributed by atoms with Crippen molar-refractivity contribution in [3.8, 4) is 5.69 Å². The van der Waals surface area contributed by atoms with E-state index in [4.69, 9.17) is 0 Å². The maximum absolute atomic E-state index is 13.4. The van der Waals surface area contributed by atoms with Crippen molar-refractivity contribution >= 4 is 22.5 Å². The summed E-state index contributed by atoms with van der Waals surface area (Å²) in [5.74, 6) is -1.47. The molecule has 2 aromatic heterocycles. The number of nitrogens with one attached hydrogen (secondary N) is 1. The van der Waals surface area contributed by atoms with Gasteiger partial charge in [0.15, 0.2) is 0 Å². The van der Waals surface area contributed by atoms with Crippen LogP contribution in [0.4, 0.5) is 23.2 Å². The summed E-state index contributed by atoms with van der Waals surface area (Å²) in [6, 6.07) is 9.88. The lowest BCUT2D eigenvalue weighted by molar-refractivity contribution is -0.137. The SMILES string of the molecule is CC(C)c1nn(CC(=O)Nc2ccccc2C(F)(F)F)c(=O)c2c1cnn2-c1ccc(F)cc1. The average Bonchev–Trinajstić information content (AvgIpc) is 3.21. The highest BCUT2D eigenvalue weighted by Crippen LogP contribution is 2.34. The monoisotopic (exact) mass is 473 g/mol. The minimum Gasteiger partial charge on any atom is -0.324 e. The summed E-state index contributed by atoms with van der Waals surface area (Å²) in [5, 5.41) is 11.2. The summed E-state index contributed by atoms with van der Waals surface area (Å²) >= 11 is 0. The molecule has 4 aromatic rings. The Balaban J connectivity index is 1.76. The van der Waals surface area contributed by atoms with Gasteiger partial charge in [0, 0.05) is 5.39 Å². The molecule has 1 N–H and O–H groups in total. The Morgan fingerprint density at radius 1 is 1.09 bits per heavy atom. The summed E-state index contributed by atoms with van der Waals surface area (Å²) < 4.78 is 55.3. The Bertz CT molecular complexity index is 1420. The van der Waals surface area contributed by atoms with Gasteiger partial charge in [-0.15, -0.1) is 0 Å². The van der Waals surface area contributed by atoms with Crippen molar-refractivity contribution in [2.75, 3.05) is 5.32 Å². The maximum atomic E-state index is 13.4. The highest BCUT2D eigenvalue weighted by molar-refractivity contribution is 5.91. The quantitative estimate of drug-likeness (QED) is 0.433. The second-order valence-corrected chi connectivity index (χ2v) is 7.89. The average molecular weight is 473 g/mol. The molecule has 0 bridgehead atoms. The second kappa shape index (κ2) is 8.73. The standard InChI is InChI=1S/C23H19F4N5O2/c1-13(2)20-16-11-28-32(15-9-7-14(24)8-10-15)21(16)22(34)31(30-20)12-19(33)29-18-6-4-3-5-17(18)23(25,26)27/h3-11,13H,12H2,1-2H3,(H,29,33). The van der Waals surface area contributed by atoms with Crippen molar-refractivity contribution in [3.05, 3.63) is 82.2 Å². The number of amides is 1. The summed E-state index contributed by atoms with van der Waals surface area (Å²) in [6.45, 7) is 3.06. The predicted octanol–water partition coefficient (Wildman–Crippen LogP) is 4.50. The first-order chi connectivity index (χ1) is 16.1. The van der Waals surface area contributed by atoms with Crippen LogP contribution in [0, 0.1) is 5.82 Å². The fourth-order valence-electron chi connectivity index (χ4n) is 3.57. The molecule has 0 fully saturated rings. The lowest BCUT2D eigenvalue weighted by atomic mass is 10.1. The first-order valence-corrected chi connectivity index (χ1v) is 10.3. The van der Waals surface area contributed by atoms with Gasteiger partial charge in [0.1, 0.15) is 17.9 Å². The number of para-hydroxylation sites is 1. The Labute approximate surface area is 190 Å². The molecule has 1 amide bonds. The first kappa shape index (κ1) is 23.1. The van der Waals surface area contributed by atoms with Gasteiger partial charge in [-0.3, -0.25) is 9.59 Å². The molecule has 34 heavy (non-hydrogen) atoms. The molecular weight excluding hydrogens is 454 g/mol. The van der Waals surface area contributed by atoms with E-state index in [0.717, 1.165) is 16.8 Å². The minimum absolute atomic E-state index is 0.119. The molecule has 2 aromatic carbocycles. The van der Waals surface area contributed by atoms with Crippen LogP contribution in [0.1, 0.15) is 31.0 Å². The second-order valence-electron chi connectivity index (χ2n) is 7.89. The van der Waals surface area contributed by atoms with Gasteiger partial charge in [-0.25, -0.2) is 13.8 Å². The van der Waals surface area contributed by atoms with E-state index in [1.54, 1.807) is 0 Å². The number of carbonyl (C=O) groups excluding carboxylic acids is 1. The number of nitrogens with zero attached hydrogens (tertiary/aromatic N) is 4. The highest BCUT2D eigenvalue weighted by Gasteiger charge is 2.33. The molecule has 0 aliphatic carbocycles. The van der Waals surface area contributed by atoms with Crippen molar-refractivity contribution in [2.24, 2.45) is 0 Å². The van der Waals surface area contributed by atoms with Gasteiger partial charge in [0.2, 0.25) is 5.91 Å². The van der Waals surface area contributed by atoms with E-state index in [-0.39, 0.29) is 11.4 Å². The molecule has 0 aliphatic heterocycles. The number of halogens is 4. The van der Waals surface area contributed by atoms with Gasteiger partial charge in [0.05, 0.1) is 28.8 Å². The van der Waals surface area contributed by atoms with Crippen LogP contribution < -0.4 is 10.9 Å². The van der Waals surface area contributed by atoms with Crippen molar-refractivity contribution in [3.63, 3.8) is 0 Å². The Morgan fingerprint density at radius 2 is 1.76 bits per heavy atom. The van der Waals surface area contributed by atoms with Gasteiger partial charge in [-0.2, -0.15) is 23.4 Å². The van der Waals surface area contributed by atoms with E-state index >= 15 is 0 Å². The minimum atomic E-state index is -4.66. The molecule has 0 saturated heterocycles. The van der Waals surface area contributed by atoms with E-state index in [1.807, 2.05) is 13.8 Å². The zero-order valence-corrected chi connectivity index (χ0v) is 18.1. The van der Waals surface area contributed by atoms with Crippen molar-refractivity contribution < 1.29 is 22.4 Å². The number of alkyl halides is 3. The number of hydrogen-bond donors (Lipinski definition) is 1. The van der Waals surface area contributed by atoms with Crippen LogP contribution in [0.5, 0.6) is 0 Å². The van der Waals surface area contributed by atoms with E-state index in [9.17, 15) is 27.2 Å².